The summed E-state index contributed by atoms with van der Waals surface area (Å²) in [6.45, 7) is 4.12. The molecule has 0 radical (unpaired) electrons. The zero-order valence-corrected chi connectivity index (χ0v) is 9.72. The SMILES string of the molecule is CCOC(=O)[C@H](C)C/C=C\c1cccnc1. The fourth-order valence-corrected chi connectivity index (χ4v) is 1.26. The number of carbonyl (C=O) groups is 1. The number of rotatable bonds is 5. The first-order valence-electron chi connectivity index (χ1n) is 5.47. The van der Waals surface area contributed by atoms with Crippen LogP contribution in [0.15, 0.2) is 30.6 Å². The zero-order valence-electron chi connectivity index (χ0n) is 9.72. The van der Waals surface area contributed by atoms with E-state index in [4.69, 9.17) is 4.74 Å². The van der Waals surface area contributed by atoms with Crippen molar-refractivity contribution in [1.82, 2.24) is 4.98 Å². The highest BCUT2D eigenvalue weighted by Gasteiger charge is 2.11. The van der Waals surface area contributed by atoms with Crippen LogP contribution in [0.3, 0.4) is 0 Å². The maximum absolute atomic E-state index is 11.3. The quantitative estimate of drug-likeness (QED) is 0.715. The van der Waals surface area contributed by atoms with Crippen molar-refractivity contribution in [2.24, 2.45) is 5.92 Å². The summed E-state index contributed by atoms with van der Waals surface area (Å²) >= 11 is 0. The summed E-state index contributed by atoms with van der Waals surface area (Å²) in [6, 6.07) is 3.85. The van der Waals surface area contributed by atoms with Gasteiger partial charge in [0.05, 0.1) is 12.5 Å². The lowest BCUT2D eigenvalue weighted by Gasteiger charge is -2.06. The van der Waals surface area contributed by atoms with E-state index in [9.17, 15) is 4.79 Å². The summed E-state index contributed by atoms with van der Waals surface area (Å²) in [5.41, 5.74) is 1.04. The molecule has 0 N–H and O–H groups in total. The Kier molecular flexibility index (Phi) is 5.26. The van der Waals surface area contributed by atoms with Gasteiger partial charge in [0.2, 0.25) is 0 Å². The van der Waals surface area contributed by atoms with Crippen LogP contribution in [0.4, 0.5) is 0 Å². The van der Waals surface area contributed by atoms with Crippen LogP contribution in [0.5, 0.6) is 0 Å². The Labute approximate surface area is 96.2 Å². The number of hydrogen-bond donors (Lipinski definition) is 0. The first-order valence-corrected chi connectivity index (χ1v) is 5.47. The summed E-state index contributed by atoms with van der Waals surface area (Å²) in [5.74, 6) is -0.230. The van der Waals surface area contributed by atoms with Gasteiger partial charge in [-0.3, -0.25) is 9.78 Å². The molecule has 3 heteroatoms. The van der Waals surface area contributed by atoms with Crippen molar-refractivity contribution in [2.75, 3.05) is 6.61 Å². The van der Waals surface area contributed by atoms with Gasteiger partial charge in [-0.2, -0.15) is 0 Å². The Bertz CT molecular complexity index is 346. The fourth-order valence-electron chi connectivity index (χ4n) is 1.26. The van der Waals surface area contributed by atoms with Gasteiger partial charge in [-0.1, -0.05) is 25.1 Å². The number of ether oxygens (including phenoxy) is 1. The van der Waals surface area contributed by atoms with Crippen molar-refractivity contribution >= 4 is 12.0 Å². The molecule has 0 amide bonds. The van der Waals surface area contributed by atoms with Crippen LogP contribution in [0.25, 0.3) is 6.08 Å². The first-order chi connectivity index (χ1) is 7.74. The molecule has 1 rings (SSSR count). The number of allylic oxidation sites excluding steroid dienone is 1. The molecule has 0 saturated carbocycles. The van der Waals surface area contributed by atoms with Crippen LogP contribution in [0.2, 0.25) is 0 Å². The lowest BCUT2D eigenvalue weighted by Crippen LogP contribution is -2.13. The molecule has 0 bridgehead atoms. The van der Waals surface area contributed by atoms with Gasteiger partial charge in [-0.15, -0.1) is 0 Å². The Balaban J connectivity index is 2.40. The first kappa shape index (κ1) is 12.4. The van der Waals surface area contributed by atoms with Gasteiger partial charge in [0.15, 0.2) is 0 Å². The van der Waals surface area contributed by atoms with Gasteiger partial charge in [0, 0.05) is 12.4 Å². The number of carbonyl (C=O) groups excluding carboxylic acids is 1. The molecule has 0 aliphatic rings. The second kappa shape index (κ2) is 6.77. The number of aromatic nitrogens is 1. The Morgan fingerprint density at radius 1 is 1.62 bits per heavy atom. The average molecular weight is 219 g/mol. The van der Waals surface area contributed by atoms with Crippen LogP contribution in [-0.2, 0) is 9.53 Å². The van der Waals surface area contributed by atoms with Crippen LogP contribution >= 0.6 is 0 Å². The third-order valence-corrected chi connectivity index (χ3v) is 2.17. The largest absolute Gasteiger partial charge is 0.466 e. The van der Waals surface area contributed by atoms with E-state index >= 15 is 0 Å². The minimum Gasteiger partial charge on any atom is -0.466 e. The van der Waals surface area contributed by atoms with Crippen molar-refractivity contribution in [3.63, 3.8) is 0 Å². The van der Waals surface area contributed by atoms with E-state index in [0.717, 1.165) is 5.56 Å². The molecule has 0 unspecified atom stereocenters. The lowest BCUT2D eigenvalue weighted by atomic mass is 10.1. The number of nitrogens with zero attached hydrogens (tertiary/aromatic N) is 1. The topological polar surface area (TPSA) is 39.2 Å². The van der Waals surface area contributed by atoms with Crippen molar-refractivity contribution in [3.8, 4) is 0 Å². The highest BCUT2D eigenvalue weighted by Crippen LogP contribution is 2.08. The molecule has 0 fully saturated rings. The molecule has 86 valence electrons. The maximum atomic E-state index is 11.3. The average Bonchev–Trinajstić information content (AvgIpc) is 2.30. The molecule has 0 aliphatic carbocycles. The van der Waals surface area contributed by atoms with E-state index in [1.807, 2.05) is 38.1 Å². The van der Waals surface area contributed by atoms with Gasteiger partial charge in [-0.25, -0.2) is 0 Å². The normalized spacial score (nSPS) is 12.6. The monoisotopic (exact) mass is 219 g/mol. The molecule has 16 heavy (non-hydrogen) atoms. The minimum atomic E-state index is -0.140. The standard InChI is InChI=1S/C13H17NO2/c1-3-16-13(15)11(2)6-4-7-12-8-5-9-14-10-12/h4-5,7-11H,3,6H2,1-2H3/b7-4-/t11-/m1/s1. The van der Waals surface area contributed by atoms with E-state index in [-0.39, 0.29) is 11.9 Å². The lowest BCUT2D eigenvalue weighted by molar-refractivity contribution is -0.147. The molecule has 3 nitrogen and oxygen atoms in total. The highest BCUT2D eigenvalue weighted by atomic mass is 16.5. The van der Waals surface area contributed by atoms with Crippen LogP contribution in [0.1, 0.15) is 25.8 Å². The van der Waals surface area contributed by atoms with Crippen molar-refractivity contribution in [1.29, 1.82) is 0 Å². The number of hydrogen-bond acceptors (Lipinski definition) is 3. The molecule has 1 aromatic rings. The van der Waals surface area contributed by atoms with Gasteiger partial charge >= 0.3 is 5.97 Å². The van der Waals surface area contributed by atoms with Crippen LogP contribution in [-0.4, -0.2) is 17.6 Å². The van der Waals surface area contributed by atoms with E-state index in [1.165, 1.54) is 0 Å². The molecular formula is C13H17NO2. The second-order valence-electron chi connectivity index (χ2n) is 3.58. The van der Waals surface area contributed by atoms with Crippen molar-refractivity contribution < 1.29 is 9.53 Å². The molecule has 1 heterocycles. The van der Waals surface area contributed by atoms with Gasteiger partial charge in [0.1, 0.15) is 0 Å². The molecule has 0 aromatic carbocycles. The molecular weight excluding hydrogens is 202 g/mol. The zero-order chi connectivity index (χ0) is 11.8. The summed E-state index contributed by atoms with van der Waals surface area (Å²) in [5, 5.41) is 0. The Morgan fingerprint density at radius 2 is 2.44 bits per heavy atom. The Morgan fingerprint density at radius 3 is 3.06 bits per heavy atom. The van der Waals surface area contributed by atoms with E-state index in [2.05, 4.69) is 4.98 Å². The second-order valence-corrected chi connectivity index (χ2v) is 3.58. The van der Waals surface area contributed by atoms with Gasteiger partial charge in [0.25, 0.3) is 0 Å². The third kappa shape index (κ3) is 4.26. The molecule has 1 atom stereocenters. The smallest absolute Gasteiger partial charge is 0.308 e. The molecule has 1 aromatic heterocycles. The summed E-state index contributed by atoms with van der Waals surface area (Å²) in [6.07, 6.45) is 8.14. The molecule has 0 aliphatic heterocycles. The minimum absolute atomic E-state index is 0.0899. The van der Waals surface area contributed by atoms with Crippen LogP contribution in [0, 0.1) is 5.92 Å². The van der Waals surface area contributed by atoms with Gasteiger partial charge in [-0.05, 0) is 25.0 Å². The Hall–Kier alpha value is -1.64. The summed E-state index contributed by atoms with van der Waals surface area (Å²) in [4.78, 5) is 15.3. The summed E-state index contributed by atoms with van der Waals surface area (Å²) in [7, 11) is 0. The molecule has 0 saturated heterocycles. The van der Waals surface area contributed by atoms with E-state index in [0.29, 0.717) is 13.0 Å². The predicted octanol–water partition coefficient (Wildman–Crippen LogP) is 2.68. The van der Waals surface area contributed by atoms with E-state index in [1.54, 1.807) is 12.4 Å². The number of esters is 1. The van der Waals surface area contributed by atoms with Gasteiger partial charge < -0.3 is 4.74 Å². The highest BCUT2D eigenvalue weighted by molar-refractivity contribution is 5.72. The maximum Gasteiger partial charge on any atom is 0.308 e. The van der Waals surface area contributed by atoms with Crippen molar-refractivity contribution in [3.05, 3.63) is 36.2 Å². The third-order valence-electron chi connectivity index (χ3n) is 2.17. The van der Waals surface area contributed by atoms with E-state index < -0.39 is 0 Å². The molecule has 0 spiro atoms. The van der Waals surface area contributed by atoms with Crippen molar-refractivity contribution in [2.45, 2.75) is 20.3 Å². The predicted molar refractivity (Wildman–Crippen MR) is 63.7 cm³/mol. The summed E-state index contributed by atoms with van der Waals surface area (Å²) < 4.78 is 4.92. The fraction of sp³-hybridized carbons (Fsp3) is 0.385. The van der Waals surface area contributed by atoms with Crippen LogP contribution < -0.4 is 0 Å². The number of pyridine rings is 1.